The minimum atomic E-state index is -0.340. The van der Waals surface area contributed by atoms with E-state index in [0.29, 0.717) is 12.0 Å². The Hall–Kier alpha value is -1.88. The van der Waals surface area contributed by atoms with Gasteiger partial charge in [-0.1, -0.05) is 13.8 Å². The van der Waals surface area contributed by atoms with Crippen molar-refractivity contribution in [1.29, 1.82) is 0 Å². The molecule has 2 unspecified atom stereocenters. The molecule has 5 nitrogen and oxygen atoms in total. The molecule has 0 saturated heterocycles. The molecule has 3 N–H and O–H groups in total. The van der Waals surface area contributed by atoms with Crippen LogP contribution in [0.3, 0.4) is 0 Å². The molecule has 19 heavy (non-hydrogen) atoms. The van der Waals surface area contributed by atoms with Gasteiger partial charge in [0.1, 0.15) is 0 Å². The summed E-state index contributed by atoms with van der Waals surface area (Å²) < 4.78 is 0. The smallest absolute Gasteiger partial charge is 0.251 e. The van der Waals surface area contributed by atoms with E-state index < -0.39 is 0 Å². The number of nitrogens with one attached hydrogen (secondary N) is 2. The summed E-state index contributed by atoms with van der Waals surface area (Å²) in [5.74, 6) is -0.110. The number of fused-ring (bicyclic) bond motifs is 1. The maximum Gasteiger partial charge on any atom is 0.251 e. The number of aromatic nitrogens is 2. The Morgan fingerprint density at radius 3 is 3.00 bits per heavy atom. The molecule has 1 aromatic heterocycles. The predicted octanol–water partition coefficient (Wildman–Crippen LogP) is 1.45. The molecule has 5 heteroatoms. The Kier molecular flexibility index (Phi) is 2.60. The summed E-state index contributed by atoms with van der Waals surface area (Å²) >= 11 is 0. The quantitative estimate of drug-likeness (QED) is 0.764. The molecule has 2 aromatic rings. The van der Waals surface area contributed by atoms with Gasteiger partial charge in [0.15, 0.2) is 0 Å². The molecule has 1 aromatic carbocycles. The van der Waals surface area contributed by atoms with Crippen LogP contribution in [0.25, 0.3) is 11.0 Å². The van der Waals surface area contributed by atoms with Gasteiger partial charge in [0.05, 0.1) is 23.5 Å². The molecule has 1 fully saturated rings. The van der Waals surface area contributed by atoms with Crippen LogP contribution in [0, 0.1) is 5.41 Å². The molecule has 0 radical (unpaired) electrons. The number of nitrogens with zero attached hydrogens (tertiary/aromatic N) is 1. The standard InChI is InChI=1S/C14H17N3O2/c1-14(2)11(6-12(14)18)17-13(19)8-3-4-9-10(5-8)16-7-15-9/h3-5,7,11-12,18H,6H2,1-2H3,(H,15,16)(H,17,19). The molecule has 1 amide bonds. The zero-order valence-corrected chi connectivity index (χ0v) is 11.0. The zero-order valence-electron chi connectivity index (χ0n) is 11.0. The van der Waals surface area contributed by atoms with Crippen LogP contribution >= 0.6 is 0 Å². The van der Waals surface area contributed by atoms with Gasteiger partial charge < -0.3 is 15.4 Å². The molecule has 0 spiro atoms. The first-order chi connectivity index (χ1) is 8.98. The normalized spacial score (nSPS) is 25.0. The van der Waals surface area contributed by atoms with Crippen molar-refractivity contribution in [3.05, 3.63) is 30.1 Å². The van der Waals surface area contributed by atoms with E-state index in [-0.39, 0.29) is 23.5 Å². The van der Waals surface area contributed by atoms with Gasteiger partial charge in [0, 0.05) is 17.0 Å². The number of imidazole rings is 1. The number of aliphatic hydroxyl groups excluding tert-OH is 1. The number of carbonyl (C=O) groups excluding carboxylic acids is 1. The summed E-state index contributed by atoms with van der Waals surface area (Å²) in [5, 5.41) is 12.7. The van der Waals surface area contributed by atoms with Gasteiger partial charge in [0.2, 0.25) is 0 Å². The largest absolute Gasteiger partial charge is 0.392 e. The minimum Gasteiger partial charge on any atom is -0.392 e. The van der Waals surface area contributed by atoms with Crippen molar-refractivity contribution in [2.45, 2.75) is 32.4 Å². The highest BCUT2D eigenvalue weighted by atomic mass is 16.3. The molecular weight excluding hydrogens is 242 g/mol. The third-order valence-electron chi connectivity index (χ3n) is 4.20. The Balaban J connectivity index is 1.77. The molecule has 2 atom stereocenters. The molecule has 0 bridgehead atoms. The summed E-state index contributed by atoms with van der Waals surface area (Å²) in [6, 6.07) is 5.40. The molecule has 1 aliphatic carbocycles. The van der Waals surface area contributed by atoms with Crippen molar-refractivity contribution < 1.29 is 9.90 Å². The highest BCUT2D eigenvalue weighted by Gasteiger charge is 2.47. The van der Waals surface area contributed by atoms with Crippen molar-refractivity contribution in [2.24, 2.45) is 5.41 Å². The van der Waals surface area contributed by atoms with E-state index in [2.05, 4.69) is 15.3 Å². The van der Waals surface area contributed by atoms with Crippen molar-refractivity contribution in [2.75, 3.05) is 0 Å². The Bertz CT molecular complexity index is 632. The number of rotatable bonds is 2. The number of carbonyl (C=O) groups is 1. The SMILES string of the molecule is CC1(C)C(O)CC1NC(=O)c1ccc2nc[nH]c2c1. The Labute approximate surface area is 111 Å². The van der Waals surface area contributed by atoms with Gasteiger partial charge in [-0.3, -0.25) is 4.79 Å². The first-order valence-corrected chi connectivity index (χ1v) is 6.40. The van der Waals surface area contributed by atoms with E-state index in [1.54, 1.807) is 18.5 Å². The average molecular weight is 259 g/mol. The molecule has 1 aliphatic rings. The zero-order chi connectivity index (χ0) is 13.6. The number of aromatic amines is 1. The van der Waals surface area contributed by atoms with Crippen molar-refractivity contribution in [1.82, 2.24) is 15.3 Å². The average Bonchev–Trinajstić information content (AvgIpc) is 2.85. The van der Waals surface area contributed by atoms with Gasteiger partial charge >= 0.3 is 0 Å². The number of H-pyrrole nitrogens is 1. The fourth-order valence-corrected chi connectivity index (χ4v) is 2.47. The molecule has 0 aliphatic heterocycles. The summed E-state index contributed by atoms with van der Waals surface area (Å²) in [6.45, 7) is 3.93. The van der Waals surface area contributed by atoms with Crippen LogP contribution in [0.2, 0.25) is 0 Å². The fourth-order valence-electron chi connectivity index (χ4n) is 2.47. The lowest BCUT2D eigenvalue weighted by Gasteiger charge is -2.49. The number of aliphatic hydroxyl groups is 1. The van der Waals surface area contributed by atoms with E-state index in [4.69, 9.17) is 0 Å². The van der Waals surface area contributed by atoms with Crippen LogP contribution in [0.5, 0.6) is 0 Å². The number of benzene rings is 1. The van der Waals surface area contributed by atoms with Crippen molar-refractivity contribution in [3.8, 4) is 0 Å². The first-order valence-electron chi connectivity index (χ1n) is 6.40. The number of amides is 1. The van der Waals surface area contributed by atoms with E-state index in [9.17, 15) is 9.90 Å². The van der Waals surface area contributed by atoms with Gasteiger partial charge in [-0.05, 0) is 24.6 Å². The van der Waals surface area contributed by atoms with Crippen LogP contribution in [-0.4, -0.2) is 33.1 Å². The summed E-state index contributed by atoms with van der Waals surface area (Å²) in [5.41, 5.74) is 2.04. The lowest BCUT2D eigenvalue weighted by atomic mass is 9.64. The summed E-state index contributed by atoms with van der Waals surface area (Å²) in [4.78, 5) is 19.3. The molecule has 100 valence electrons. The van der Waals surface area contributed by atoms with Crippen LogP contribution in [0.1, 0.15) is 30.6 Å². The summed E-state index contributed by atoms with van der Waals surface area (Å²) in [6.07, 6.45) is 1.89. The monoisotopic (exact) mass is 259 g/mol. The highest BCUT2D eigenvalue weighted by molar-refractivity contribution is 5.97. The predicted molar refractivity (Wildman–Crippen MR) is 71.8 cm³/mol. The van der Waals surface area contributed by atoms with Crippen LogP contribution in [0.4, 0.5) is 0 Å². The fraction of sp³-hybridized carbons (Fsp3) is 0.429. The molecule has 3 rings (SSSR count). The third-order valence-corrected chi connectivity index (χ3v) is 4.20. The second-order valence-electron chi connectivity index (χ2n) is 5.73. The van der Waals surface area contributed by atoms with E-state index in [1.807, 2.05) is 19.9 Å². The first kappa shape index (κ1) is 12.2. The van der Waals surface area contributed by atoms with Crippen LogP contribution < -0.4 is 5.32 Å². The van der Waals surface area contributed by atoms with Gasteiger partial charge in [-0.25, -0.2) is 4.98 Å². The number of hydrogen-bond acceptors (Lipinski definition) is 3. The second kappa shape index (κ2) is 4.06. The summed E-state index contributed by atoms with van der Waals surface area (Å²) in [7, 11) is 0. The molecular formula is C14H17N3O2. The van der Waals surface area contributed by atoms with E-state index in [0.717, 1.165) is 11.0 Å². The Morgan fingerprint density at radius 2 is 2.32 bits per heavy atom. The van der Waals surface area contributed by atoms with Gasteiger partial charge in [0.25, 0.3) is 5.91 Å². The van der Waals surface area contributed by atoms with Crippen molar-refractivity contribution >= 4 is 16.9 Å². The van der Waals surface area contributed by atoms with Crippen LogP contribution in [-0.2, 0) is 0 Å². The lowest BCUT2D eigenvalue weighted by molar-refractivity contribution is -0.0689. The highest BCUT2D eigenvalue weighted by Crippen LogP contribution is 2.40. The third kappa shape index (κ3) is 1.90. The number of hydrogen-bond donors (Lipinski definition) is 3. The lowest BCUT2D eigenvalue weighted by Crippen LogP contribution is -2.61. The second-order valence-corrected chi connectivity index (χ2v) is 5.73. The van der Waals surface area contributed by atoms with E-state index >= 15 is 0 Å². The minimum absolute atomic E-state index is 0.0208. The molecule has 1 heterocycles. The Morgan fingerprint density at radius 1 is 1.53 bits per heavy atom. The maximum absolute atomic E-state index is 12.2. The van der Waals surface area contributed by atoms with Crippen molar-refractivity contribution in [3.63, 3.8) is 0 Å². The topological polar surface area (TPSA) is 78.0 Å². The van der Waals surface area contributed by atoms with Gasteiger partial charge in [-0.2, -0.15) is 0 Å². The van der Waals surface area contributed by atoms with E-state index in [1.165, 1.54) is 0 Å². The van der Waals surface area contributed by atoms with Gasteiger partial charge in [-0.15, -0.1) is 0 Å². The van der Waals surface area contributed by atoms with Crippen LogP contribution in [0.15, 0.2) is 24.5 Å². The molecule has 1 saturated carbocycles. The maximum atomic E-state index is 12.2.